The summed E-state index contributed by atoms with van der Waals surface area (Å²) in [6.07, 6.45) is 3.11. The summed E-state index contributed by atoms with van der Waals surface area (Å²) >= 11 is 0. The third-order valence-electron chi connectivity index (χ3n) is 5.85. The molecule has 0 bridgehead atoms. The fourth-order valence-corrected chi connectivity index (χ4v) is 3.54. The predicted octanol–water partition coefficient (Wildman–Crippen LogP) is 0.192. The fourth-order valence-electron chi connectivity index (χ4n) is 3.54. The van der Waals surface area contributed by atoms with Crippen molar-refractivity contribution in [2.45, 2.75) is 57.7 Å². The largest absolute Gasteiger partial charge is 0.480 e. The number of carbonyl (C=O) groups is 3. The zero-order chi connectivity index (χ0) is 25.3. The molecule has 0 aliphatic carbocycles. The lowest BCUT2D eigenvalue weighted by Crippen LogP contribution is -2.56. The summed E-state index contributed by atoms with van der Waals surface area (Å²) in [7, 11) is 0. The van der Waals surface area contributed by atoms with Crippen LogP contribution >= 0.6 is 0 Å². The van der Waals surface area contributed by atoms with Crippen LogP contribution in [0.3, 0.4) is 0 Å². The molecule has 10 N–H and O–H groups in total. The molecule has 0 saturated heterocycles. The molecular weight excluding hydrogens is 438 g/mol. The van der Waals surface area contributed by atoms with Crippen LogP contribution in [0.5, 0.6) is 0 Å². The number of aliphatic imine (C=N–C) groups is 1. The lowest BCUT2D eigenvalue weighted by atomic mass is 9.98. The Labute approximate surface area is 198 Å². The van der Waals surface area contributed by atoms with Crippen molar-refractivity contribution in [2.75, 3.05) is 6.54 Å². The van der Waals surface area contributed by atoms with E-state index in [1.807, 2.05) is 38.1 Å². The van der Waals surface area contributed by atoms with Crippen LogP contribution in [0.2, 0.25) is 0 Å². The molecule has 1 heterocycles. The number of aromatic amines is 1. The second-order valence-electron chi connectivity index (χ2n) is 8.38. The lowest BCUT2D eigenvalue weighted by molar-refractivity contribution is -0.142. The van der Waals surface area contributed by atoms with Crippen molar-refractivity contribution in [3.8, 4) is 0 Å². The predicted molar refractivity (Wildman–Crippen MR) is 131 cm³/mol. The maximum absolute atomic E-state index is 13.2. The summed E-state index contributed by atoms with van der Waals surface area (Å²) < 4.78 is 0. The zero-order valence-corrected chi connectivity index (χ0v) is 19.6. The molecule has 2 aromatic rings. The topological polar surface area (TPSA) is 202 Å². The molecule has 0 aliphatic heterocycles. The number of benzene rings is 1. The lowest BCUT2D eigenvalue weighted by Gasteiger charge is -2.24. The van der Waals surface area contributed by atoms with E-state index in [1.165, 1.54) is 0 Å². The highest BCUT2D eigenvalue weighted by molar-refractivity contribution is 5.93. The Morgan fingerprint density at radius 2 is 1.79 bits per heavy atom. The molecule has 34 heavy (non-hydrogen) atoms. The summed E-state index contributed by atoms with van der Waals surface area (Å²) in [5.41, 5.74) is 18.3. The number of H-pyrrole nitrogens is 1. The van der Waals surface area contributed by atoms with E-state index in [4.69, 9.17) is 17.2 Å². The van der Waals surface area contributed by atoms with Gasteiger partial charge in [0.2, 0.25) is 11.8 Å². The van der Waals surface area contributed by atoms with Gasteiger partial charge < -0.3 is 37.9 Å². The molecule has 1 aromatic carbocycles. The number of nitrogens with zero attached hydrogens (tertiary/aromatic N) is 1. The summed E-state index contributed by atoms with van der Waals surface area (Å²) in [5.74, 6) is -2.43. The smallest absolute Gasteiger partial charge is 0.326 e. The molecule has 0 spiro atoms. The van der Waals surface area contributed by atoms with Crippen molar-refractivity contribution < 1.29 is 19.5 Å². The van der Waals surface area contributed by atoms with Gasteiger partial charge in [0.1, 0.15) is 12.1 Å². The molecular formula is C23H35N7O4. The summed E-state index contributed by atoms with van der Waals surface area (Å²) in [5, 5.41) is 15.7. The first-order valence-electron chi connectivity index (χ1n) is 11.3. The van der Waals surface area contributed by atoms with Gasteiger partial charge >= 0.3 is 5.97 Å². The van der Waals surface area contributed by atoms with Crippen LogP contribution in [-0.4, -0.2) is 58.5 Å². The molecule has 4 unspecified atom stereocenters. The van der Waals surface area contributed by atoms with Gasteiger partial charge in [-0.2, -0.15) is 0 Å². The van der Waals surface area contributed by atoms with Gasteiger partial charge in [0.25, 0.3) is 0 Å². The Bertz CT molecular complexity index is 1020. The Morgan fingerprint density at radius 1 is 1.12 bits per heavy atom. The fraction of sp³-hybridized carbons (Fsp3) is 0.478. The Kier molecular flexibility index (Phi) is 9.87. The Morgan fingerprint density at radius 3 is 2.44 bits per heavy atom. The van der Waals surface area contributed by atoms with E-state index >= 15 is 0 Å². The van der Waals surface area contributed by atoms with Crippen LogP contribution in [0, 0.1) is 5.92 Å². The minimum atomic E-state index is -1.19. The van der Waals surface area contributed by atoms with E-state index in [1.54, 1.807) is 6.20 Å². The standard InChI is InChI=1S/C23H35N7O4/c1-3-13(2)19(24)21(32)30-18(11-14-12-28-16-8-5-4-7-15(14)16)20(31)29-17(22(33)34)9-6-10-27-23(25)26/h4-5,7-8,12-13,17-19,28H,3,6,9-11,24H2,1-2H3,(H,29,31)(H,30,32)(H,33,34)(H4,25,26,27). The van der Waals surface area contributed by atoms with Gasteiger partial charge in [-0.15, -0.1) is 0 Å². The molecule has 0 saturated carbocycles. The highest BCUT2D eigenvalue weighted by atomic mass is 16.4. The van der Waals surface area contributed by atoms with Gasteiger partial charge in [-0.3, -0.25) is 14.6 Å². The summed E-state index contributed by atoms with van der Waals surface area (Å²) in [6, 6.07) is 4.62. The second kappa shape index (κ2) is 12.6. The molecule has 2 amide bonds. The van der Waals surface area contributed by atoms with E-state index in [9.17, 15) is 19.5 Å². The maximum Gasteiger partial charge on any atom is 0.326 e. The Balaban J connectivity index is 2.20. The van der Waals surface area contributed by atoms with Gasteiger partial charge in [0.15, 0.2) is 5.96 Å². The number of nitrogens with one attached hydrogen (secondary N) is 3. The van der Waals surface area contributed by atoms with Crippen molar-refractivity contribution in [1.82, 2.24) is 15.6 Å². The summed E-state index contributed by atoms with van der Waals surface area (Å²) in [6.45, 7) is 4.02. The van der Waals surface area contributed by atoms with E-state index in [-0.39, 0.29) is 31.3 Å². The van der Waals surface area contributed by atoms with Crippen LogP contribution in [-0.2, 0) is 20.8 Å². The molecule has 4 atom stereocenters. The number of hydrogen-bond acceptors (Lipinski definition) is 5. The van der Waals surface area contributed by atoms with Crippen LogP contribution in [0.25, 0.3) is 10.9 Å². The minimum absolute atomic E-state index is 0.0842. The Hall–Kier alpha value is -3.60. The highest BCUT2D eigenvalue weighted by Crippen LogP contribution is 2.19. The van der Waals surface area contributed by atoms with Gasteiger partial charge in [0.05, 0.1) is 6.04 Å². The van der Waals surface area contributed by atoms with Gasteiger partial charge in [-0.05, 0) is 30.4 Å². The summed E-state index contributed by atoms with van der Waals surface area (Å²) in [4.78, 5) is 44.6. The number of nitrogens with two attached hydrogens (primary N) is 3. The SMILES string of the molecule is CCC(C)C(N)C(=O)NC(Cc1c[nH]c2ccccc12)C(=O)NC(CCCN=C(N)N)C(=O)O. The first-order chi connectivity index (χ1) is 16.1. The highest BCUT2D eigenvalue weighted by Gasteiger charge is 2.29. The third kappa shape index (κ3) is 7.48. The van der Waals surface area contributed by atoms with Gasteiger partial charge in [-0.25, -0.2) is 4.79 Å². The van der Waals surface area contributed by atoms with E-state index < -0.39 is 35.9 Å². The normalized spacial score (nSPS) is 14.6. The molecule has 11 heteroatoms. The van der Waals surface area contributed by atoms with Crippen molar-refractivity contribution >= 4 is 34.6 Å². The van der Waals surface area contributed by atoms with Gasteiger partial charge in [0, 0.05) is 30.1 Å². The minimum Gasteiger partial charge on any atom is -0.480 e. The zero-order valence-electron chi connectivity index (χ0n) is 19.6. The number of amides is 2. The van der Waals surface area contributed by atoms with E-state index in [0.717, 1.165) is 16.5 Å². The first kappa shape index (κ1) is 26.7. The number of aliphatic carboxylic acids is 1. The molecule has 186 valence electrons. The van der Waals surface area contributed by atoms with Crippen LogP contribution in [0.15, 0.2) is 35.5 Å². The number of fused-ring (bicyclic) bond motifs is 1. The first-order valence-corrected chi connectivity index (χ1v) is 11.3. The van der Waals surface area contributed by atoms with Crippen molar-refractivity contribution in [1.29, 1.82) is 0 Å². The van der Waals surface area contributed by atoms with Crippen molar-refractivity contribution in [3.05, 3.63) is 36.0 Å². The number of rotatable bonds is 13. The van der Waals surface area contributed by atoms with Gasteiger partial charge in [-0.1, -0.05) is 38.5 Å². The third-order valence-corrected chi connectivity index (χ3v) is 5.85. The van der Waals surface area contributed by atoms with Crippen LogP contribution in [0.1, 0.15) is 38.7 Å². The van der Waals surface area contributed by atoms with Crippen LogP contribution < -0.4 is 27.8 Å². The van der Waals surface area contributed by atoms with Crippen molar-refractivity contribution in [3.63, 3.8) is 0 Å². The number of aromatic nitrogens is 1. The molecule has 1 aromatic heterocycles. The molecule has 2 rings (SSSR count). The second-order valence-corrected chi connectivity index (χ2v) is 8.38. The molecule has 11 nitrogen and oxygen atoms in total. The number of carboxylic acids is 1. The quantitative estimate of drug-likeness (QED) is 0.122. The average molecular weight is 474 g/mol. The maximum atomic E-state index is 13.2. The van der Waals surface area contributed by atoms with Crippen molar-refractivity contribution in [2.24, 2.45) is 28.1 Å². The number of carboxylic acid groups (broad SMARTS) is 1. The van der Waals surface area contributed by atoms with E-state index in [2.05, 4.69) is 20.6 Å². The van der Waals surface area contributed by atoms with Crippen LogP contribution in [0.4, 0.5) is 0 Å². The number of guanidine groups is 1. The monoisotopic (exact) mass is 473 g/mol. The van der Waals surface area contributed by atoms with E-state index in [0.29, 0.717) is 12.8 Å². The number of para-hydroxylation sites is 1. The number of hydrogen-bond donors (Lipinski definition) is 7. The molecule has 0 aliphatic rings. The number of carbonyl (C=O) groups excluding carboxylic acids is 2. The molecule has 0 radical (unpaired) electrons. The average Bonchev–Trinajstić information content (AvgIpc) is 3.21. The molecule has 0 fully saturated rings.